The summed E-state index contributed by atoms with van der Waals surface area (Å²) in [6.45, 7) is 6.03. The SMILES string of the molecule is Cc1cnc(CN(C)C(=O)CN2CCOCC2)[nH]1. The summed E-state index contributed by atoms with van der Waals surface area (Å²) < 4.78 is 5.26. The van der Waals surface area contributed by atoms with Crippen molar-refractivity contribution in [3.05, 3.63) is 17.7 Å². The number of hydrogen-bond acceptors (Lipinski definition) is 4. The van der Waals surface area contributed by atoms with Gasteiger partial charge in [0.1, 0.15) is 5.82 Å². The van der Waals surface area contributed by atoms with Crippen LogP contribution < -0.4 is 0 Å². The number of likely N-dealkylation sites (N-methyl/N-ethyl adjacent to an activating group) is 1. The summed E-state index contributed by atoms with van der Waals surface area (Å²) in [5.41, 5.74) is 1.01. The summed E-state index contributed by atoms with van der Waals surface area (Å²) in [7, 11) is 1.81. The number of nitrogens with one attached hydrogen (secondary N) is 1. The number of imidazole rings is 1. The van der Waals surface area contributed by atoms with Crippen LogP contribution in [0.4, 0.5) is 0 Å². The first-order valence-electron chi connectivity index (χ1n) is 6.19. The van der Waals surface area contributed by atoms with Gasteiger partial charge < -0.3 is 14.6 Å². The van der Waals surface area contributed by atoms with Crippen LogP contribution in [-0.4, -0.2) is 65.6 Å². The molecule has 0 aliphatic carbocycles. The van der Waals surface area contributed by atoms with Gasteiger partial charge in [-0.3, -0.25) is 9.69 Å². The van der Waals surface area contributed by atoms with Gasteiger partial charge in [0.05, 0.1) is 26.3 Å². The van der Waals surface area contributed by atoms with Crippen molar-refractivity contribution in [2.75, 3.05) is 39.9 Å². The van der Waals surface area contributed by atoms with Crippen LogP contribution in [0.25, 0.3) is 0 Å². The van der Waals surface area contributed by atoms with Crippen LogP contribution in [0.15, 0.2) is 6.20 Å². The van der Waals surface area contributed by atoms with E-state index in [1.54, 1.807) is 18.1 Å². The van der Waals surface area contributed by atoms with Crippen molar-refractivity contribution in [1.29, 1.82) is 0 Å². The summed E-state index contributed by atoms with van der Waals surface area (Å²) in [5, 5.41) is 0. The first-order chi connectivity index (χ1) is 8.65. The van der Waals surface area contributed by atoms with Crippen LogP contribution in [0.3, 0.4) is 0 Å². The lowest BCUT2D eigenvalue weighted by Crippen LogP contribution is -2.43. The van der Waals surface area contributed by atoms with Crippen molar-refractivity contribution in [2.45, 2.75) is 13.5 Å². The molecule has 1 fully saturated rings. The summed E-state index contributed by atoms with van der Waals surface area (Å²) in [5.74, 6) is 0.941. The Morgan fingerprint density at radius 3 is 2.89 bits per heavy atom. The van der Waals surface area contributed by atoms with Crippen molar-refractivity contribution in [1.82, 2.24) is 19.8 Å². The Morgan fingerprint density at radius 1 is 1.56 bits per heavy atom. The first-order valence-corrected chi connectivity index (χ1v) is 6.19. The maximum atomic E-state index is 12.0. The lowest BCUT2D eigenvalue weighted by atomic mass is 10.4. The molecule has 0 radical (unpaired) electrons. The molecule has 6 nitrogen and oxygen atoms in total. The average Bonchev–Trinajstić information content (AvgIpc) is 2.76. The molecule has 0 aromatic carbocycles. The van der Waals surface area contributed by atoms with Gasteiger partial charge in [0.25, 0.3) is 0 Å². The number of ether oxygens (including phenoxy) is 1. The molecule has 2 rings (SSSR count). The molecule has 2 heterocycles. The molecule has 0 spiro atoms. The summed E-state index contributed by atoms with van der Waals surface area (Å²) in [4.78, 5) is 23.2. The number of amides is 1. The molecule has 100 valence electrons. The van der Waals surface area contributed by atoms with E-state index in [0.29, 0.717) is 26.3 Å². The molecule has 1 aromatic heterocycles. The smallest absolute Gasteiger partial charge is 0.236 e. The Balaban J connectivity index is 1.80. The van der Waals surface area contributed by atoms with E-state index in [4.69, 9.17) is 4.74 Å². The third kappa shape index (κ3) is 3.54. The molecule has 6 heteroatoms. The van der Waals surface area contributed by atoms with E-state index in [1.165, 1.54) is 0 Å². The Kier molecular flexibility index (Phi) is 4.33. The highest BCUT2D eigenvalue weighted by molar-refractivity contribution is 5.77. The molecule has 1 aromatic rings. The zero-order valence-corrected chi connectivity index (χ0v) is 11.0. The number of aryl methyl sites for hydroxylation is 1. The fourth-order valence-corrected chi connectivity index (χ4v) is 1.93. The lowest BCUT2D eigenvalue weighted by Gasteiger charge is -2.27. The van der Waals surface area contributed by atoms with Crippen LogP contribution >= 0.6 is 0 Å². The standard InChI is InChI=1S/C12H20N4O2/c1-10-7-13-11(14-10)8-15(2)12(17)9-16-3-5-18-6-4-16/h7H,3-6,8-9H2,1-2H3,(H,13,14). The van der Waals surface area contributed by atoms with E-state index >= 15 is 0 Å². The second-order valence-electron chi connectivity index (χ2n) is 4.65. The Bertz CT molecular complexity index is 399. The minimum absolute atomic E-state index is 0.117. The Labute approximate surface area is 107 Å². The number of rotatable bonds is 4. The van der Waals surface area contributed by atoms with E-state index in [9.17, 15) is 4.79 Å². The lowest BCUT2D eigenvalue weighted by molar-refractivity contribution is -0.132. The van der Waals surface area contributed by atoms with Gasteiger partial charge in [0, 0.05) is 32.0 Å². The van der Waals surface area contributed by atoms with Crippen molar-refractivity contribution in [2.24, 2.45) is 0 Å². The third-order valence-electron chi connectivity index (χ3n) is 3.03. The topological polar surface area (TPSA) is 61.5 Å². The van der Waals surface area contributed by atoms with E-state index < -0.39 is 0 Å². The van der Waals surface area contributed by atoms with Crippen LogP contribution in [0, 0.1) is 6.92 Å². The number of carbonyl (C=O) groups excluding carboxylic acids is 1. The zero-order chi connectivity index (χ0) is 13.0. The van der Waals surface area contributed by atoms with Crippen LogP contribution in [0.2, 0.25) is 0 Å². The highest BCUT2D eigenvalue weighted by atomic mass is 16.5. The number of aromatic nitrogens is 2. The molecule has 1 saturated heterocycles. The molecule has 1 N–H and O–H groups in total. The van der Waals surface area contributed by atoms with E-state index in [0.717, 1.165) is 24.6 Å². The maximum Gasteiger partial charge on any atom is 0.236 e. The Morgan fingerprint density at radius 2 is 2.28 bits per heavy atom. The quantitative estimate of drug-likeness (QED) is 0.820. The minimum atomic E-state index is 0.117. The van der Waals surface area contributed by atoms with Gasteiger partial charge in [-0.2, -0.15) is 0 Å². The average molecular weight is 252 g/mol. The maximum absolute atomic E-state index is 12.0. The summed E-state index contributed by atoms with van der Waals surface area (Å²) >= 11 is 0. The second-order valence-corrected chi connectivity index (χ2v) is 4.65. The second kappa shape index (κ2) is 5.97. The first kappa shape index (κ1) is 13.0. The molecule has 0 atom stereocenters. The normalized spacial score (nSPS) is 16.8. The molecule has 1 amide bonds. The molecule has 0 unspecified atom stereocenters. The van der Waals surface area contributed by atoms with Gasteiger partial charge >= 0.3 is 0 Å². The number of carbonyl (C=O) groups is 1. The zero-order valence-electron chi connectivity index (χ0n) is 11.0. The molecule has 1 aliphatic rings. The monoisotopic (exact) mass is 252 g/mol. The molecular weight excluding hydrogens is 232 g/mol. The number of morpholine rings is 1. The minimum Gasteiger partial charge on any atom is -0.379 e. The van der Waals surface area contributed by atoms with E-state index in [-0.39, 0.29) is 5.91 Å². The number of H-pyrrole nitrogens is 1. The van der Waals surface area contributed by atoms with Gasteiger partial charge in [-0.1, -0.05) is 0 Å². The van der Waals surface area contributed by atoms with Crippen LogP contribution in [0.5, 0.6) is 0 Å². The van der Waals surface area contributed by atoms with Crippen molar-refractivity contribution in [3.63, 3.8) is 0 Å². The van der Waals surface area contributed by atoms with E-state index in [1.807, 2.05) is 6.92 Å². The summed E-state index contributed by atoms with van der Waals surface area (Å²) in [6.07, 6.45) is 1.77. The number of nitrogens with zero attached hydrogens (tertiary/aromatic N) is 3. The predicted octanol–water partition coefficient (Wildman–Crippen LogP) is 0.00872. The third-order valence-corrected chi connectivity index (χ3v) is 3.03. The van der Waals surface area contributed by atoms with Gasteiger partial charge in [0.15, 0.2) is 0 Å². The van der Waals surface area contributed by atoms with Gasteiger partial charge in [-0.25, -0.2) is 4.98 Å². The predicted molar refractivity (Wildman–Crippen MR) is 67.1 cm³/mol. The van der Waals surface area contributed by atoms with Crippen LogP contribution in [-0.2, 0) is 16.1 Å². The fourth-order valence-electron chi connectivity index (χ4n) is 1.93. The molecule has 1 aliphatic heterocycles. The fraction of sp³-hybridized carbons (Fsp3) is 0.667. The molecule has 18 heavy (non-hydrogen) atoms. The van der Waals surface area contributed by atoms with Gasteiger partial charge in [-0.05, 0) is 6.92 Å². The van der Waals surface area contributed by atoms with Crippen molar-refractivity contribution in [3.8, 4) is 0 Å². The number of aromatic amines is 1. The highest BCUT2D eigenvalue weighted by Crippen LogP contribution is 2.02. The molecule has 0 saturated carbocycles. The largest absolute Gasteiger partial charge is 0.379 e. The molecular formula is C12H20N4O2. The number of hydrogen-bond donors (Lipinski definition) is 1. The summed E-state index contributed by atoms with van der Waals surface area (Å²) in [6, 6.07) is 0. The van der Waals surface area contributed by atoms with Crippen LogP contribution in [0.1, 0.15) is 11.5 Å². The highest BCUT2D eigenvalue weighted by Gasteiger charge is 2.17. The van der Waals surface area contributed by atoms with Gasteiger partial charge in [0.2, 0.25) is 5.91 Å². The molecule has 0 bridgehead atoms. The van der Waals surface area contributed by atoms with E-state index in [2.05, 4.69) is 14.9 Å². The Hall–Kier alpha value is -1.40. The van der Waals surface area contributed by atoms with Crippen molar-refractivity contribution < 1.29 is 9.53 Å². The van der Waals surface area contributed by atoms with Gasteiger partial charge in [-0.15, -0.1) is 0 Å². The van der Waals surface area contributed by atoms with Crippen molar-refractivity contribution >= 4 is 5.91 Å².